The van der Waals surface area contributed by atoms with Crippen LogP contribution in [0.2, 0.25) is 5.02 Å². The van der Waals surface area contributed by atoms with Crippen molar-refractivity contribution >= 4 is 62.1 Å². The number of hydrogen-bond acceptors (Lipinski definition) is 10. The van der Waals surface area contributed by atoms with E-state index in [2.05, 4.69) is 30.4 Å². The van der Waals surface area contributed by atoms with Crippen LogP contribution in [0.1, 0.15) is 12.8 Å². The number of carboxylic acid groups (broad SMARTS) is 1. The van der Waals surface area contributed by atoms with Gasteiger partial charge in [-0.1, -0.05) is 23.7 Å². The van der Waals surface area contributed by atoms with Crippen LogP contribution in [0.15, 0.2) is 48.7 Å². The number of hydrogen-bond donors (Lipinski definition) is 3. The number of aliphatic carboxylic acids is 1. The van der Waals surface area contributed by atoms with E-state index in [4.69, 9.17) is 21.4 Å². The van der Waals surface area contributed by atoms with Gasteiger partial charge in [0, 0.05) is 51.5 Å². The number of piperidine rings is 1. The highest BCUT2D eigenvalue weighted by Gasteiger charge is 2.34. The maximum absolute atomic E-state index is 12.1. The minimum absolute atomic E-state index is 0.216. The van der Waals surface area contributed by atoms with Crippen molar-refractivity contribution in [2.75, 3.05) is 73.0 Å². The molecule has 43 heavy (non-hydrogen) atoms. The first-order chi connectivity index (χ1) is 20.5. The summed E-state index contributed by atoms with van der Waals surface area (Å²) in [4.78, 5) is 24.5. The third-order valence-electron chi connectivity index (χ3n) is 7.97. The van der Waals surface area contributed by atoms with Crippen LogP contribution in [-0.4, -0.2) is 87.5 Å². The zero-order valence-corrected chi connectivity index (χ0v) is 25.9. The van der Waals surface area contributed by atoms with Crippen LogP contribution in [0.25, 0.3) is 0 Å². The lowest BCUT2D eigenvalue weighted by molar-refractivity contribution is -0.147. The molecular weight excluding hydrogens is 594 g/mol. The first-order valence-corrected chi connectivity index (χ1v) is 16.2. The molecule has 0 spiro atoms. The van der Waals surface area contributed by atoms with Gasteiger partial charge < -0.3 is 30.3 Å². The number of nitrogens with one attached hydrogen (secondary N) is 2. The van der Waals surface area contributed by atoms with Gasteiger partial charge in [0.15, 0.2) is 5.82 Å². The molecule has 3 N–H and O–H groups in total. The van der Waals surface area contributed by atoms with Crippen molar-refractivity contribution in [3.05, 3.63) is 53.7 Å². The van der Waals surface area contributed by atoms with Gasteiger partial charge in [-0.2, -0.15) is 4.98 Å². The molecule has 2 aromatic carbocycles. The standard InChI is InChI=1S/C29H36ClN7O5S/c1-35(43(3,40)41)25-7-5-4-6-23(25)32-27-22(30)15-31-29(34-27)33-24-9-8-21(14-26(24)42-2)37-12-10-19(11-13-37)16-36-17-20(18-36)28(38)39/h4-9,14-15,19-20H,10-13,16-18H2,1-3H3,(H,38,39)(H2,31,32,33,34). The van der Waals surface area contributed by atoms with Crippen molar-refractivity contribution in [2.45, 2.75) is 12.8 Å². The molecule has 3 aromatic rings. The molecule has 5 rings (SSSR count). The number of sulfonamides is 1. The lowest BCUT2D eigenvalue weighted by Gasteiger charge is -2.41. The summed E-state index contributed by atoms with van der Waals surface area (Å²) in [6.07, 6.45) is 4.70. The number of likely N-dealkylation sites (tertiary alicyclic amines) is 1. The minimum Gasteiger partial charge on any atom is -0.494 e. The zero-order valence-electron chi connectivity index (χ0n) is 24.3. The quantitative estimate of drug-likeness (QED) is 0.280. The summed E-state index contributed by atoms with van der Waals surface area (Å²) in [6, 6.07) is 12.9. The molecule has 14 heteroatoms. The third-order valence-corrected chi connectivity index (χ3v) is 9.44. The largest absolute Gasteiger partial charge is 0.494 e. The predicted octanol–water partition coefficient (Wildman–Crippen LogP) is 4.25. The molecule has 2 saturated heterocycles. The van der Waals surface area contributed by atoms with Gasteiger partial charge in [-0.3, -0.25) is 9.10 Å². The summed E-state index contributed by atoms with van der Waals surface area (Å²) >= 11 is 6.40. The molecule has 0 amide bonds. The number of halogens is 1. The molecule has 2 fully saturated rings. The SMILES string of the molecule is COc1cc(N2CCC(CN3CC(C(=O)O)C3)CC2)ccc1Nc1ncc(Cl)c(Nc2ccccc2N(C)S(C)(=O)=O)n1. The summed E-state index contributed by atoms with van der Waals surface area (Å²) in [5.74, 6) is 0.878. The smallest absolute Gasteiger partial charge is 0.309 e. The maximum Gasteiger partial charge on any atom is 0.309 e. The van der Waals surface area contributed by atoms with Gasteiger partial charge in [-0.25, -0.2) is 13.4 Å². The van der Waals surface area contributed by atoms with Gasteiger partial charge in [0.2, 0.25) is 16.0 Å². The van der Waals surface area contributed by atoms with Crippen LogP contribution in [0.3, 0.4) is 0 Å². The third kappa shape index (κ3) is 7.23. The van der Waals surface area contributed by atoms with Crippen LogP contribution in [0.4, 0.5) is 34.5 Å². The Morgan fingerprint density at radius 3 is 2.53 bits per heavy atom. The zero-order chi connectivity index (χ0) is 30.7. The second kappa shape index (κ2) is 12.8. The number of rotatable bonds is 11. The van der Waals surface area contributed by atoms with Gasteiger partial charge in [0.25, 0.3) is 0 Å². The van der Waals surface area contributed by atoms with E-state index in [0.717, 1.165) is 44.4 Å². The molecule has 230 valence electrons. The number of anilines is 6. The Morgan fingerprint density at radius 1 is 1.14 bits per heavy atom. The summed E-state index contributed by atoms with van der Waals surface area (Å²) < 4.78 is 31.2. The Bertz CT molecular complexity index is 1580. The topological polar surface area (TPSA) is 140 Å². The fourth-order valence-corrected chi connectivity index (χ4v) is 6.04. The highest BCUT2D eigenvalue weighted by molar-refractivity contribution is 7.92. The van der Waals surface area contributed by atoms with E-state index in [1.807, 2.05) is 18.2 Å². The van der Waals surface area contributed by atoms with Gasteiger partial charge in [0.05, 0.1) is 42.5 Å². The second-order valence-corrected chi connectivity index (χ2v) is 13.4. The first kappa shape index (κ1) is 30.6. The highest BCUT2D eigenvalue weighted by Crippen LogP contribution is 2.35. The number of para-hydroxylation sites is 2. The Hall–Kier alpha value is -3.81. The number of aromatic nitrogens is 2. The summed E-state index contributed by atoms with van der Waals surface area (Å²) in [7, 11) is -0.392. The molecule has 0 unspecified atom stereocenters. The van der Waals surface area contributed by atoms with Crippen LogP contribution < -0.4 is 24.6 Å². The fraction of sp³-hybridized carbons (Fsp3) is 0.414. The molecule has 0 atom stereocenters. The van der Waals surface area contributed by atoms with Gasteiger partial charge >= 0.3 is 5.97 Å². The van der Waals surface area contributed by atoms with Crippen molar-refractivity contribution in [1.29, 1.82) is 0 Å². The summed E-state index contributed by atoms with van der Waals surface area (Å²) in [5, 5.41) is 15.7. The average molecular weight is 630 g/mol. The van der Waals surface area contributed by atoms with Crippen molar-refractivity contribution in [3.63, 3.8) is 0 Å². The number of methoxy groups -OCH3 is 1. The van der Waals surface area contributed by atoms with E-state index in [0.29, 0.717) is 47.6 Å². The van der Waals surface area contributed by atoms with Crippen molar-refractivity contribution in [1.82, 2.24) is 14.9 Å². The van der Waals surface area contributed by atoms with E-state index in [1.54, 1.807) is 31.4 Å². The Balaban J connectivity index is 1.24. The fourth-order valence-electron chi connectivity index (χ4n) is 5.39. The maximum atomic E-state index is 12.1. The van der Waals surface area contributed by atoms with Gasteiger partial charge in [0.1, 0.15) is 10.8 Å². The first-order valence-electron chi connectivity index (χ1n) is 14.0. The molecular formula is C29H36ClN7O5S. The number of carboxylic acids is 1. The number of benzene rings is 2. The highest BCUT2D eigenvalue weighted by atomic mass is 35.5. The number of carbonyl (C=O) groups is 1. The van der Waals surface area contributed by atoms with Crippen molar-refractivity contribution in [2.24, 2.45) is 11.8 Å². The van der Waals surface area contributed by atoms with Crippen molar-refractivity contribution in [3.8, 4) is 5.75 Å². The Labute approximate surface area is 256 Å². The van der Waals surface area contributed by atoms with E-state index >= 15 is 0 Å². The summed E-state index contributed by atoms with van der Waals surface area (Å²) in [6.45, 7) is 4.11. The van der Waals surface area contributed by atoms with Gasteiger partial charge in [-0.05, 0) is 43.0 Å². The van der Waals surface area contributed by atoms with Crippen LogP contribution in [0, 0.1) is 11.8 Å². The molecule has 2 aliphatic heterocycles. The number of nitrogens with zero attached hydrogens (tertiary/aromatic N) is 5. The van der Waals surface area contributed by atoms with Crippen LogP contribution in [-0.2, 0) is 14.8 Å². The molecule has 3 heterocycles. The Morgan fingerprint density at radius 2 is 1.86 bits per heavy atom. The predicted molar refractivity (Wildman–Crippen MR) is 169 cm³/mol. The molecule has 12 nitrogen and oxygen atoms in total. The molecule has 0 bridgehead atoms. The Kier molecular flexibility index (Phi) is 9.13. The van der Waals surface area contributed by atoms with Gasteiger partial charge in [-0.15, -0.1) is 0 Å². The molecule has 0 aliphatic carbocycles. The summed E-state index contributed by atoms with van der Waals surface area (Å²) in [5.41, 5.74) is 2.70. The van der Waals surface area contributed by atoms with E-state index < -0.39 is 16.0 Å². The molecule has 1 aromatic heterocycles. The van der Waals surface area contributed by atoms with Crippen LogP contribution >= 0.6 is 11.6 Å². The van der Waals surface area contributed by atoms with Crippen molar-refractivity contribution < 1.29 is 23.1 Å². The lowest BCUT2D eigenvalue weighted by atomic mass is 9.92. The number of ether oxygens (including phenoxy) is 1. The molecule has 2 aliphatic rings. The van der Waals surface area contributed by atoms with Crippen LogP contribution in [0.5, 0.6) is 5.75 Å². The molecule has 0 saturated carbocycles. The lowest BCUT2D eigenvalue weighted by Crippen LogP contribution is -2.52. The van der Waals surface area contributed by atoms with E-state index in [9.17, 15) is 13.2 Å². The average Bonchev–Trinajstić information content (AvgIpc) is 2.96. The van der Waals surface area contributed by atoms with E-state index in [-0.39, 0.29) is 16.9 Å². The normalized spacial score (nSPS) is 16.4. The van der Waals surface area contributed by atoms with E-state index in [1.165, 1.54) is 17.5 Å². The minimum atomic E-state index is -3.48. The molecule has 0 radical (unpaired) electrons. The second-order valence-electron chi connectivity index (χ2n) is 11.0. The monoisotopic (exact) mass is 629 g/mol.